The summed E-state index contributed by atoms with van der Waals surface area (Å²) in [6.07, 6.45) is 1.72. The van der Waals surface area contributed by atoms with Crippen LogP contribution in [-0.2, 0) is 11.2 Å². The first-order valence-electron chi connectivity index (χ1n) is 5.40. The van der Waals surface area contributed by atoms with E-state index in [2.05, 4.69) is 6.07 Å². The number of benzene rings is 1. The second-order valence-corrected chi connectivity index (χ2v) is 4.00. The molecule has 0 heterocycles. The highest BCUT2D eigenvalue weighted by atomic mass is 16.5. The monoisotopic (exact) mass is 222 g/mol. The van der Waals surface area contributed by atoms with E-state index in [1.54, 1.807) is 7.11 Å². The van der Waals surface area contributed by atoms with Crippen LogP contribution in [0.2, 0.25) is 0 Å². The number of methoxy groups -OCH3 is 1. The molecule has 0 amide bonds. The molecule has 1 aromatic carbocycles. The molecule has 0 aromatic heterocycles. The molecule has 0 aliphatic rings. The molecule has 1 N–H and O–H groups in total. The zero-order valence-corrected chi connectivity index (χ0v) is 10.0. The van der Waals surface area contributed by atoms with E-state index in [1.807, 2.05) is 19.9 Å². The second kappa shape index (κ2) is 5.54. The number of carboxylic acids is 1. The first-order valence-corrected chi connectivity index (χ1v) is 5.40. The van der Waals surface area contributed by atoms with Crippen molar-refractivity contribution in [3.05, 3.63) is 28.8 Å². The molecular formula is C13H18O3. The van der Waals surface area contributed by atoms with E-state index in [0.29, 0.717) is 6.42 Å². The van der Waals surface area contributed by atoms with Gasteiger partial charge in [-0.3, -0.25) is 4.79 Å². The van der Waals surface area contributed by atoms with E-state index in [9.17, 15) is 4.79 Å². The Kier molecular flexibility index (Phi) is 4.35. The molecule has 0 bridgehead atoms. The maximum Gasteiger partial charge on any atom is 0.303 e. The minimum absolute atomic E-state index is 0.227. The number of ether oxygens (including phenoxy) is 1. The third kappa shape index (κ3) is 3.26. The molecule has 0 unspecified atom stereocenters. The minimum Gasteiger partial charge on any atom is -0.496 e. The fraction of sp³-hybridized carbons (Fsp3) is 0.462. The molecule has 3 nitrogen and oxygen atoms in total. The molecular weight excluding hydrogens is 204 g/mol. The predicted molar refractivity (Wildman–Crippen MR) is 63.0 cm³/mol. The highest BCUT2D eigenvalue weighted by molar-refractivity contribution is 5.66. The van der Waals surface area contributed by atoms with E-state index in [0.717, 1.165) is 23.3 Å². The lowest BCUT2D eigenvalue weighted by Crippen LogP contribution is -1.98. The quantitative estimate of drug-likeness (QED) is 0.833. The molecule has 0 saturated carbocycles. The van der Waals surface area contributed by atoms with Gasteiger partial charge in [0.25, 0.3) is 0 Å². The molecule has 0 radical (unpaired) electrons. The Labute approximate surface area is 96.1 Å². The highest BCUT2D eigenvalue weighted by Crippen LogP contribution is 2.23. The molecule has 0 aliphatic heterocycles. The van der Waals surface area contributed by atoms with Crippen LogP contribution in [0.15, 0.2) is 12.1 Å². The smallest absolute Gasteiger partial charge is 0.303 e. The summed E-state index contributed by atoms with van der Waals surface area (Å²) in [5.41, 5.74) is 3.46. The Hall–Kier alpha value is -1.51. The van der Waals surface area contributed by atoms with Crippen LogP contribution in [0.3, 0.4) is 0 Å². The number of carboxylic acid groups (broad SMARTS) is 1. The van der Waals surface area contributed by atoms with Gasteiger partial charge in [0, 0.05) is 6.42 Å². The Morgan fingerprint density at radius 2 is 2.00 bits per heavy atom. The molecule has 1 rings (SSSR count). The lowest BCUT2D eigenvalue weighted by molar-refractivity contribution is -0.137. The van der Waals surface area contributed by atoms with Crippen molar-refractivity contribution in [2.24, 2.45) is 0 Å². The van der Waals surface area contributed by atoms with Crippen molar-refractivity contribution < 1.29 is 14.6 Å². The van der Waals surface area contributed by atoms with Crippen molar-refractivity contribution >= 4 is 5.97 Å². The fourth-order valence-corrected chi connectivity index (χ4v) is 1.77. The summed E-state index contributed by atoms with van der Waals surface area (Å²) in [5, 5.41) is 8.58. The van der Waals surface area contributed by atoms with Gasteiger partial charge in [0.2, 0.25) is 0 Å². The minimum atomic E-state index is -0.733. The van der Waals surface area contributed by atoms with Gasteiger partial charge in [0.1, 0.15) is 5.75 Å². The topological polar surface area (TPSA) is 46.5 Å². The SMILES string of the molecule is COc1cc(C)c(CCCC(=O)O)cc1C. The number of rotatable bonds is 5. The standard InChI is InChI=1S/C13H18O3/c1-9-8-12(16-3)10(2)7-11(9)5-4-6-13(14)15/h7-8H,4-6H2,1-3H3,(H,14,15). The molecule has 3 heteroatoms. The van der Waals surface area contributed by atoms with Crippen molar-refractivity contribution in [2.75, 3.05) is 7.11 Å². The highest BCUT2D eigenvalue weighted by Gasteiger charge is 2.05. The van der Waals surface area contributed by atoms with Gasteiger partial charge < -0.3 is 9.84 Å². The van der Waals surface area contributed by atoms with Crippen LogP contribution >= 0.6 is 0 Å². The zero-order chi connectivity index (χ0) is 12.1. The number of aryl methyl sites for hydroxylation is 3. The first-order chi connectivity index (χ1) is 7.54. The molecule has 0 aliphatic carbocycles. The molecule has 0 fully saturated rings. The predicted octanol–water partition coefficient (Wildman–Crippen LogP) is 2.72. The third-order valence-electron chi connectivity index (χ3n) is 2.69. The van der Waals surface area contributed by atoms with Crippen molar-refractivity contribution in [3.8, 4) is 5.75 Å². The van der Waals surface area contributed by atoms with Gasteiger partial charge in [-0.1, -0.05) is 6.07 Å². The van der Waals surface area contributed by atoms with E-state index in [-0.39, 0.29) is 6.42 Å². The Balaban J connectivity index is 2.73. The van der Waals surface area contributed by atoms with Crippen LogP contribution in [0.25, 0.3) is 0 Å². The summed E-state index contributed by atoms with van der Waals surface area (Å²) < 4.78 is 5.23. The van der Waals surface area contributed by atoms with Gasteiger partial charge >= 0.3 is 5.97 Å². The maximum absolute atomic E-state index is 10.4. The largest absolute Gasteiger partial charge is 0.496 e. The van der Waals surface area contributed by atoms with E-state index in [4.69, 9.17) is 9.84 Å². The van der Waals surface area contributed by atoms with Crippen molar-refractivity contribution in [1.29, 1.82) is 0 Å². The number of aliphatic carboxylic acids is 1. The average Bonchev–Trinajstić information content (AvgIpc) is 2.22. The second-order valence-electron chi connectivity index (χ2n) is 4.00. The lowest BCUT2D eigenvalue weighted by atomic mass is 10.00. The summed E-state index contributed by atoms with van der Waals surface area (Å²) in [7, 11) is 1.66. The summed E-state index contributed by atoms with van der Waals surface area (Å²) in [5.74, 6) is 0.155. The molecule has 0 spiro atoms. The van der Waals surface area contributed by atoms with E-state index >= 15 is 0 Å². The maximum atomic E-state index is 10.4. The molecule has 0 atom stereocenters. The average molecular weight is 222 g/mol. The van der Waals surface area contributed by atoms with Crippen molar-refractivity contribution in [1.82, 2.24) is 0 Å². The van der Waals surface area contributed by atoms with Crippen molar-refractivity contribution in [2.45, 2.75) is 33.1 Å². The van der Waals surface area contributed by atoms with Crippen LogP contribution in [0.1, 0.15) is 29.5 Å². The van der Waals surface area contributed by atoms with Gasteiger partial charge in [0.05, 0.1) is 7.11 Å². The molecule has 1 aromatic rings. The van der Waals surface area contributed by atoms with Gasteiger partial charge in [-0.15, -0.1) is 0 Å². The van der Waals surface area contributed by atoms with Crippen LogP contribution in [-0.4, -0.2) is 18.2 Å². The lowest BCUT2D eigenvalue weighted by Gasteiger charge is -2.10. The molecule has 16 heavy (non-hydrogen) atoms. The third-order valence-corrected chi connectivity index (χ3v) is 2.69. The van der Waals surface area contributed by atoms with Crippen LogP contribution in [0.4, 0.5) is 0 Å². The zero-order valence-electron chi connectivity index (χ0n) is 10.0. The first kappa shape index (κ1) is 12.6. The van der Waals surface area contributed by atoms with Crippen LogP contribution in [0.5, 0.6) is 5.75 Å². The van der Waals surface area contributed by atoms with E-state index < -0.39 is 5.97 Å². The number of hydrogen-bond acceptors (Lipinski definition) is 2. The van der Waals surface area contributed by atoms with Gasteiger partial charge in [-0.25, -0.2) is 0 Å². The number of carbonyl (C=O) groups is 1. The van der Waals surface area contributed by atoms with Gasteiger partial charge in [-0.05, 0) is 49.4 Å². The van der Waals surface area contributed by atoms with Crippen LogP contribution < -0.4 is 4.74 Å². The van der Waals surface area contributed by atoms with E-state index in [1.165, 1.54) is 5.56 Å². The van der Waals surface area contributed by atoms with Crippen LogP contribution in [0, 0.1) is 13.8 Å². The Bertz CT molecular complexity index is 383. The summed E-state index contributed by atoms with van der Waals surface area (Å²) in [4.78, 5) is 10.4. The number of hydrogen-bond donors (Lipinski definition) is 1. The summed E-state index contributed by atoms with van der Waals surface area (Å²) in [6.45, 7) is 4.02. The fourth-order valence-electron chi connectivity index (χ4n) is 1.77. The Morgan fingerprint density at radius 1 is 1.31 bits per heavy atom. The molecule has 0 saturated heterocycles. The van der Waals surface area contributed by atoms with Crippen molar-refractivity contribution in [3.63, 3.8) is 0 Å². The summed E-state index contributed by atoms with van der Waals surface area (Å²) >= 11 is 0. The Morgan fingerprint density at radius 3 is 2.56 bits per heavy atom. The molecule has 88 valence electrons. The van der Waals surface area contributed by atoms with Gasteiger partial charge in [0.15, 0.2) is 0 Å². The summed E-state index contributed by atoms with van der Waals surface area (Å²) in [6, 6.07) is 4.08. The normalized spacial score (nSPS) is 10.2. The van der Waals surface area contributed by atoms with Gasteiger partial charge in [-0.2, -0.15) is 0 Å².